The maximum atomic E-state index is 4.79. The van der Waals surface area contributed by atoms with Gasteiger partial charge in [-0.3, -0.25) is 9.88 Å². The van der Waals surface area contributed by atoms with Crippen LogP contribution in [-0.4, -0.2) is 26.4 Å². The molecule has 4 nitrogen and oxygen atoms in total. The van der Waals surface area contributed by atoms with Crippen LogP contribution in [0.4, 0.5) is 0 Å². The Hall–Kier alpha value is -1.63. The average Bonchev–Trinajstić information content (AvgIpc) is 2.65. The largest absolute Gasteiger partial charge is 0.294 e. The van der Waals surface area contributed by atoms with Crippen molar-refractivity contribution >= 4 is 31.9 Å². The zero-order valence-corrected chi connectivity index (χ0v) is 16.7. The molecule has 0 amide bonds. The Morgan fingerprint density at radius 1 is 1.00 bits per heavy atom. The SMILES string of the molecule is Brc1cncc(Br)c1CN1CCc2nc(-c3ccccc3)ncc2C1. The predicted octanol–water partition coefficient (Wildman–Crippen LogP) is 4.62. The Morgan fingerprint density at radius 2 is 1.76 bits per heavy atom. The number of hydrogen-bond acceptors (Lipinski definition) is 4. The second-order valence-corrected chi connectivity index (χ2v) is 7.78. The highest BCUT2D eigenvalue weighted by molar-refractivity contribution is 9.11. The van der Waals surface area contributed by atoms with Crippen LogP contribution in [0.5, 0.6) is 0 Å². The van der Waals surface area contributed by atoms with E-state index in [1.54, 1.807) is 0 Å². The van der Waals surface area contributed by atoms with Crippen molar-refractivity contribution < 1.29 is 0 Å². The first kappa shape index (κ1) is 16.8. The van der Waals surface area contributed by atoms with Crippen LogP contribution in [0.2, 0.25) is 0 Å². The molecule has 0 fully saturated rings. The van der Waals surface area contributed by atoms with Gasteiger partial charge in [0.1, 0.15) is 0 Å². The summed E-state index contributed by atoms with van der Waals surface area (Å²) in [7, 11) is 0. The van der Waals surface area contributed by atoms with Gasteiger partial charge in [0, 0.05) is 64.7 Å². The monoisotopic (exact) mass is 458 g/mol. The number of benzene rings is 1. The first-order valence-electron chi connectivity index (χ1n) is 8.11. The van der Waals surface area contributed by atoms with E-state index in [2.05, 4.69) is 58.9 Å². The molecule has 1 aliphatic rings. The van der Waals surface area contributed by atoms with Crippen molar-refractivity contribution in [2.24, 2.45) is 0 Å². The molecule has 3 heterocycles. The van der Waals surface area contributed by atoms with Crippen LogP contribution >= 0.6 is 31.9 Å². The molecule has 25 heavy (non-hydrogen) atoms. The number of hydrogen-bond donors (Lipinski definition) is 0. The highest BCUT2D eigenvalue weighted by Crippen LogP contribution is 2.28. The van der Waals surface area contributed by atoms with E-state index in [1.807, 2.05) is 36.8 Å². The molecule has 1 aliphatic heterocycles. The lowest BCUT2D eigenvalue weighted by Gasteiger charge is -2.28. The number of halogens is 2. The molecule has 6 heteroatoms. The fourth-order valence-corrected chi connectivity index (χ4v) is 4.23. The van der Waals surface area contributed by atoms with E-state index in [0.717, 1.165) is 52.1 Å². The summed E-state index contributed by atoms with van der Waals surface area (Å²) in [6, 6.07) is 10.1. The van der Waals surface area contributed by atoms with Crippen molar-refractivity contribution in [3.05, 3.63) is 74.7 Å². The van der Waals surface area contributed by atoms with Crippen molar-refractivity contribution in [3.63, 3.8) is 0 Å². The first-order valence-corrected chi connectivity index (χ1v) is 9.70. The molecule has 0 bridgehead atoms. The van der Waals surface area contributed by atoms with Gasteiger partial charge in [0.2, 0.25) is 0 Å². The Balaban J connectivity index is 1.54. The van der Waals surface area contributed by atoms with Crippen LogP contribution in [-0.2, 0) is 19.5 Å². The number of aromatic nitrogens is 3. The Labute approximate surface area is 163 Å². The lowest BCUT2D eigenvalue weighted by atomic mass is 10.1. The summed E-state index contributed by atoms with van der Waals surface area (Å²) in [5, 5.41) is 0. The quantitative estimate of drug-likeness (QED) is 0.572. The van der Waals surface area contributed by atoms with Crippen molar-refractivity contribution in [1.82, 2.24) is 19.9 Å². The summed E-state index contributed by atoms with van der Waals surface area (Å²) in [4.78, 5) is 16.0. The second kappa shape index (κ2) is 7.32. The number of nitrogens with zero attached hydrogens (tertiary/aromatic N) is 4. The minimum atomic E-state index is 0.812. The molecule has 0 saturated carbocycles. The van der Waals surface area contributed by atoms with E-state index < -0.39 is 0 Å². The summed E-state index contributed by atoms with van der Waals surface area (Å²) in [6.07, 6.45) is 6.60. The highest BCUT2D eigenvalue weighted by atomic mass is 79.9. The van der Waals surface area contributed by atoms with Crippen LogP contribution in [0, 0.1) is 0 Å². The molecule has 1 aromatic carbocycles. The summed E-state index contributed by atoms with van der Waals surface area (Å²) >= 11 is 7.19. The van der Waals surface area contributed by atoms with Crippen LogP contribution in [0.15, 0.2) is 57.9 Å². The Kier molecular flexibility index (Phi) is 4.92. The van der Waals surface area contributed by atoms with Gasteiger partial charge in [0.25, 0.3) is 0 Å². The molecule has 3 aromatic rings. The molecule has 0 aliphatic carbocycles. The third-order valence-electron chi connectivity index (χ3n) is 4.38. The van der Waals surface area contributed by atoms with Crippen molar-refractivity contribution in [3.8, 4) is 11.4 Å². The Morgan fingerprint density at radius 3 is 2.52 bits per heavy atom. The lowest BCUT2D eigenvalue weighted by molar-refractivity contribution is 0.242. The second-order valence-electron chi connectivity index (χ2n) is 6.07. The van der Waals surface area contributed by atoms with E-state index >= 15 is 0 Å². The fraction of sp³-hybridized carbons (Fsp3) is 0.211. The van der Waals surface area contributed by atoms with Gasteiger partial charge < -0.3 is 0 Å². The van der Waals surface area contributed by atoms with E-state index in [9.17, 15) is 0 Å². The summed E-state index contributed by atoms with van der Waals surface area (Å²) < 4.78 is 2.06. The van der Waals surface area contributed by atoms with Crippen LogP contribution < -0.4 is 0 Å². The minimum absolute atomic E-state index is 0.812. The van der Waals surface area contributed by atoms with E-state index in [-0.39, 0.29) is 0 Å². The molecular weight excluding hydrogens is 444 g/mol. The molecule has 0 saturated heterocycles. The van der Waals surface area contributed by atoms with Gasteiger partial charge >= 0.3 is 0 Å². The van der Waals surface area contributed by atoms with E-state index in [4.69, 9.17) is 4.98 Å². The molecule has 4 rings (SSSR count). The van der Waals surface area contributed by atoms with E-state index in [0.29, 0.717) is 0 Å². The highest BCUT2D eigenvalue weighted by Gasteiger charge is 2.20. The van der Waals surface area contributed by atoms with Crippen LogP contribution in [0.25, 0.3) is 11.4 Å². The van der Waals surface area contributed by atoms with Crippen LogP contribution in [0.3, 0.4) is 0 Å². The third kappa shape index (κ3) is 3.66. The van der Waals surface area contributed by atoms with Gasteiger partial charge in [0.15, 0.2) is 5.82 Å². The van der Waals surface area contributed by atoms with Gasteiger partial charge in [-0.2, -0.15) is 0 Å². The summed E-state index contributed by atoms with van der Waals surface area (Å²) in [5.74, 6) is 0.812. The molecular formula is C19H16Br2N4. The van der Waals surface area contributed by atoms with Gasteiger partial charge in [0.05, 0.1) is 5.69 Å². The van der Waals surface area contributed by atoms with E-state index in [1.165, 1.54) is 11.1 Å². The summed E-state index contributed by atoms with van der Waals surface area (Å²) in [5.41, 5.74) is 4.67. The maximum absolute atomic E-state index is 4.79. The number of pyridine rings is 1. The predicted molar refractivity (Wildman–Crippen MR) is 105 cm³/mol. The number of fused-ring (bicyclic) bond motifs is 1. The summed E-state index contributed by atoms with van der Waals surface area (Å²) in [6.45, 7) is 2.72. The third-order valence-corrected chi connectivity index (χ3v) is 5.75. The minimum Gasteiger partial charge on any atom is -0.294 e. The standard InChI is InChI=1S/C19H16Br2N4/c20-16-9-22-10-17(21)15(16)12-25-7-6-18-14(11-25)8-23-19(24-18)13-4-2-1-3-5-13/h1-5,8-10H,6-7,11-12H2. The first-order chi connectivity index (χ1) is 12.2. The smallest absolute Gasteiger partial charge is 0.159 e. The molecule has 0 atom stereocenters. The lowest BCUT2D eigenvalue weighted by Crippen LogP contribution is -2.31. The molecule has 2 aromatic heterocycles. The van der Waals surface area contributed by atoms with Gasteiger partial charge in [-0.1, -0.05) is 30.3 Å². The molecule has 0 spiro atoms. The van der Waals surface area contributed by atoms with Crippen LogP contribution in [0.1, 0.15) is 16.8 Å². The van der Waals surface area contributed by atoms with Crippen molar-refractivity contribution in [2.45, 2.75) is 19.5 Å². The Bertz CT molecular complexity index is 879. The normalized spacial score (nSPS) is 14.3. The van der Waals surface area contributed by atoms with Gasteiger partial charge in [-0.25, -0.2) is 9.97 Å². The molecule has 126 valence electrons. The fourth-order valence-electron chi connectivity index (χ4n) is 3.05. The average molecular weight is 460 g/mol. The number of rotatable bonds is 3. The van der Waals surface area contributed by atoms with Crippen molar-refractivity contribution in [1.29, 1.82) is 0 Å². The van der Waals surface area contributed by atoms with Crippen molar-refractivity contribution in [2.75, 3.05) is 6.54 Å². The zero-order chi connectivity index (χ0) is 17.2. The molecule has 0 N–H and O–H groups in total. The van der Waals surface area contributed by atoms with Gasteiger partial charge in [-0.15, -0.1) is 0 Å². The molecule has 0 unspecified atom stereocenters. The maximum Gasteiger partial charge on any atom is 0.159 e. The topological polar surface area (TPSA) is 41.9 Å². The zero-order valence-electron chi connectivity index (χ0n) is 13.5. The molecule has 0 radical (unpaired) electrons. The van der Waals surface area contributed by atoms with Gasteiger partial charge in [-0.05, 0) is 37.4 Å².